The molecule has 2 N–H and O–H groups in total. The van der Waals surface area contributed by atoms with Crippen LogP contribution in [0.15, 0.2) is 0 Å². The topological polar surface area (TPSA) is 40.5 Å². The summed E-state index contributed by atoms with van der Waals surface area (Å²) in [7, 11) is 0. The van der Waals surface area contributed by atoms with E-state index >= 15 is 0 Å². The van der Waals surface area contributed by atoms with Gasteiger partial charge in [-0.3, -0.25) is 0 Å². The molecule has 0 saturated carbocycles. The van der Waals surface area contributed by atoms with Crippen molar-refractivity contribution in [3.05, 3.63) is 0 Å². The van der Waals surface area contributed by atoms with Crippen LogP contribution in [0, 0.1) is 0 Å². The fourth-order valence-electron chi connectivity index (χ4n) is 0.456. The summed E-state index contributed by atoms with van der Waals surface area (Å²) in [5.74, 6) is -4.78. The van der Waals surface area contributed by atoms with Gasteiger partial charge >= 0.3 is 12.0 Å². The predicted octanol–water partition coefficient (Wildman–Crippen LogP) is 0.978. The second-order valence-electron chi connectivity index (χ2n) is 2.09. The first-order valence-electron chi connectivity index (χ1n) is 2.89. The standard InChI is InChI=1S/C5H8F4O2/c1-2-3(6)4(7,8)5(9,10)11/h3,10-11H,2H2,1H3. The van der Waals surface area contributed by atoms with Gasteiger partial charge in [0.1, 0.15) is 0 Å². The fraction of sp³-hybridized carbons (Fsp3) is 1.00. The third-order valence-corrected chi connectivity index (χ3v) is 1.18. The van der Waals surface area contributed by atoms with Gasteiger partial charge in [0.15, 0.2) is 6.17 Å². The molecule has 0 amide bonds. The maximum atomic E-state index is 12.1. The van der Waals surface area contributed by atoms with E-state index in [-0.39, 0.29) is 0 Å². The molecule has 0 aromatic carbocycles. The first-order chi connectivity index (χ1) is 4.73. The van der Waals surface area contributed by atoms with Crippen LogP contribution in [0.5, 0.6) is 0 Å². The summed E-state index contributed by atoms with van der Waals surface area (Å²) in [6.07, 6.45) is -3.60. The summed E-state index contributed by atoms with van der Waals surface area (Å²) in [4.78, 5) is 0. The molecule has 0 saturated heterocycles. The number of aliphatic hydroxyl groups is 2. The van der Waals surface area contributed by atoms with Crippen molar-refractivity contribution in [1.29, 1.82) is 0 Å². The second kappa shape index (κ2) is 2.94. The minimum Gasteiger partial charge on any atom is -0.335 e. The van der Waals surface area contributed by atoms with Gasteiger partial charge in [0.05, 0.1) is 0 Å². The Bertz CT molecular complexity index is 131. The van der Waals surface area contributed by atoms with E-state index < -0.39 is 24.6 Å². The Balaban J connectivity index is 4.45. The van der Waals surface area contributed by atoms with Gasteiger partial charge in [0.25, 0.3) is 0 Å². The van der Waals surface area contributed by atoms with Crippen molar-refractivity contribution >= 4 is 0 Å². The monoisotopic (exact) mass is 176 g/mol. The quantitative estimate of drug-likeness (QED) is 0.497. The van der Waals surface area contributed by atoms with E-state index in [4.69, 9.17) is 10.2 Å². The van der Waals surface area contributed by atoms with Gasteiger partial charge in [-0.15, -0.1) is 0 Å². The zero-order valence-electron chi connectivity index (χ0n) is 5.69. The Kier molecular flexibility index (Phi) is 2.85. The fourth-order valence-corrected chi connectivity index (χ4v) is 0.456. The third-order valence-electron chi connectivity index (χ3n) is 1.18. The van der Waals surface area contributed by atoms with E-state index in [2.05, 4.69) is 0 Å². The molecular weight excluding hydrogens is 168 g/mol. The van der Waals surface area contributed by atoms with Crippen molar-refractivity contribution in [2.75, 3.05) is 0 Å². The molecule has 0 bridgehead atoms. The molecule has 0 radical (unpaired) electrons. The van der Waals surface area contributed by atoms with Crippen molar-refractivity contribution < 1.29 is 27.8 Å². The van der Waals surface area contributed by atoms with Gasteiger partial charge in [-0.05, 0) is 6.42 Å². The van der Waals surface area contributed by atoms with Crippen LogP contribution in [-0.2, 0) is 0 Å². The van der Waals surface area contributed by atoms with Crippen LogP contribution in [0.3, 0.4) is 0 Å². The highest BCUT2D eigenvalue weighted by molar-refractivity contribution is 4.82. The van der Waals surface area contributed by atoms with E-state index in [0.29, 0.717) is 0 Å². The predicted molar refractivity (Wildman–Crippen MR) is 28.4 cm³/mol. The molecule has 1 atom stereocenters. The lowest BCUT2D eigenvalue weighted by Crippen LogP contribution is -2.50. The minimum atomic E-state index is -4.79. The van der Waals surface area contributed by atoms with Gasteiger partial charge in [0.2, 0.25) is 0 Å². The van der Waals surface area contributed by atoms with Crippen LogP contribution < -0.4 is 0 Å². The lowest BCUT2D eigenvalue weighted by Gasteiger charge is -2.25. The smallest absolute Gasteiger partial charge is 0.335 e. The zero-order chi connectivity index (χ0) is 9.28. The molecule has 0 heterocycles. The van der Waals surface area contributed by atoms with Crippen molar-refractivity contribution in [1.82, 2.24) is 0 Å². The Labute approximate surface area is 60.4 Å². The third kappa shape index (κ3) is 2.03. The largest absolute Gasteiger partial charge is 0.384 e. The lowest BCUT2D eigenvalue weighted by atomic mass is 10.1. The van der Waals surface area contributed by atoms with Crippen LogP contribution in [0.1, 0.15) is 13.3 Å². The van der Waals surface area contributed by atoms with Crippen LogP contribution in [0.4, 0.5) is 17.6 Å². The molecule has 68 valence electrons. The van der Waals surface area contributed by atoms with Crippen molar-refractivity contribution in [3.8, 4) is 0 Å². The number of alkyl halides is 4. The van der Waals surface area contributed by atoms with Crippen LogP contribution >= 0.6 is 0 Å². The Morgan fingerprint density at radius 3 is 1.73 bits per heavy atom. The van der Waals surface area contributed by atoms with Gasteiger partial charge < -0.3 is 10.2 Å². The lowest BCUT2D eigenvalue weighted by molar-refractivity contribution is -0.380. The summed E-state index contributed by atoms with van der Waals surface area (Å²) >= 11 is 0. The molecule has 0 aliphatic rings. The Morgan fingerprint density at radius 2 is 1.64 bits per heavy atom. The summed E-state index contributed by atoms with van der Waals surface area (Å²) in [6.45, 7) is 1.03. The molecule has 11 heavy (non-hydrogen) atoms. The highest BCUT2D eigenvalue weighted by Crippen LogP contribution is 2.34. The molecule has 0 aromatic rings. The van der Waals surface area contributed by atoms with E-state index in [1.54, 1.807) is 0 Å². The highest BCUT2D eigenvalue weighted by Gasteiger charge is 2.58. The maximum Gasteiger partial charge on any atom is 0.384 e. The first kappa shape index (κ1) is 10.6. The molecule has 6 heteroatoms. The molecule has 0 aliphatic heterocycles. The molecule has 1 unspecified atom stereocenters. The minimum absolute atomic E-state index is 0.695. The van der Waals surface area contributed by atoms with E-state index in [9.17, 15) is 17.6 Å². The summed E-state index contributed by atoms with van der Waals surface area (Å²) in [5, 5.41) is 15.5. The Hall–Kier alpha value is -0.360. The molecule has 0 spiro atoms. The van der Waals surface area contributed by atoms with Crippen LogP contribution in [0.2, 0.25) is 0 Å². The molecule has 0 aliphatic carbocycles. The normalized spacial score (nSPS) is 16.6. The van der Waals surface area contributed by atoms with Crippen molar-refractivity contribution in [3.63, 3.8) is 0 Å². The summed E-state index contributed by atoms with van der Waals surface area (Å²) in [5.41, 5.74) is 0. The van der Waals surface area contributed by atoms with Gasteiger partial charge in [-0.25, -0.2) is 4.39 Å². The highest BCUT2D eigenvalue weighted by atomic mass is 19.3. The molecule has 0 fully saturated rings. The van der Waals surface area contributed by atoms with Gasteiger partial charge in [-0.2, -0.15) is 13.2 Å². The van der Waals surface area contributed by atoms with E-state index in [1.807, 2.05) is 0 Å². The van der Waals surface area contributed by atoms with E-state index in [1.165, 1.54) is 0 Å². The average molecular weight is 176 g/mol. The van der Waals surface area contributed by atoms with E-state index in [0.717, 1.165) is 6.92 Å². The first-order valence-corrected chi connectivity index (χ1v) is 2.89. The Morgan fingerprint density at radius 1 is 1.27 bits per heavy atom. The van der Waals surface area contributed by atoms with Crippen molar-refractivity contribution in [2.24, 2.45) is 0 Å². The summed E-state index contributed by atoms with van der Waals surface area (Å²) in [6, 6.07) is -4.79. The molecule has 0 rings (SSSR count). The summed E-state index contributed by atoms with van der Waals surface area (Å²) < 4.78 is 48.0. The maximum absolute atomic E-state index is 12.1. The van der Waals surface area contributed by atoms with Gasteiger partial charge in [-0.1, -0.05) is 6.92 Å². The van der Waals surface area contributed by atoms with Gasteiger partial charge in [0, 0.05) is 0 Å². The number of hydrogen-bond acceptors (Lipinski definition) is 2. The molecule has 0 aromatic heterocycles. The number of rotatable bonds is 3. The number of halogens is 4. The average Bonchev–Trinajstić information content (AvgIpc) is 1.83. The second-order valence-corrected chi connectivity index (χ2v) is 2.09. The SMILES string of the molecule is CCC(F)C(F)(F)C(O)(O)F. The van der Waals surface area contributed by atoms with Crippen LogP contribution in [-0.4, -0.2) is 28.3 Å². The molecular formula is C5H8F4O2. The zero-order valence-corrected chi connectivity index (χ0v) is 5.69. The molecule has 2 nitrogen and oxygen atoms in total. The number of hydrogen-bond donors (Lipinski definition) is 2. The van der Waals surface area contributed by atoms with Crippen LogP contribution in [0.25, 0.3) is 0 Å². The van der Waals surface area contributed by atoms with Crippen molar-refractivity contribution in [2.45, 2.75) is 31.5 Å².